The normalized spacial score (nSPS) is 12.2. The predicted molar refractivity (Wildman–Crippen MR) is 92.7 cm³/mol. The zero-order chi connectivity index (χ0) is 17.3. The molecule has 0 bridgehead atoms. The second kappa shape index (κ2) is 6.88. The van der Waals surface area contributed by atoms with Crippen molar-refractivity contribution in [2.45, 2.75) is 19.8 Å². The fourth-order valence-corrected chi connectivity index (χ4v) is 3.41. The number of phenols is 2. The summed E-state index contributed by atoms with van der Waals surface area (Å²) in [5.41, 5.74) is 0.266. The molecule has 2 aromatic carbocycles. The van der Waals surface area contributed by atoms with E-state index in [-0.39, 0.29) is 22.4 Å². The standard InChI is InChI=1S/C16H14Br2O5/c1-3-23-16(22)11(7(2)19)12-10-6-8(17)4-5-9(10)14(20)15(21)13(12)18/h4-6,11,20-21H,3H2,1-2H3. The molecule has 7 heteroatoms. The Morgan fingerprint density at radius 2 is 1.83 bits per heavy atom. The molecular weight excluding hydrogens is 432 g/mol. The number of rotatable bonds is 4. The minimum Gasteiger partial charge on any atom is -0.504 e. The van der Waals surface area contributed by atoms with Gasteiger partial charge in [0.2, 0.25) is 0 Å². The number of fused-ring (bicyclic) bond motifs is 1. The lowest BCUT2D eigenvalue weighted by Crippen LogP contribution is -2.23. The summed E-state index contributed by atoms with van der Waals surface area (Å²) in [5, 5.41) is 21.0. The van der Waals surface area contributed by atoms with Crippen LogP contribution in [0.3, 0.4) is 0 Å². The summed E-state index contributed by atoms with van der Waals surface area (Å²) in [7, 11) is 0. The highest BCUT2D eigenvalue weighted by Crippen LogP contribution is 2.47. The molecule has 0 spiro atoms. The fraction of sp³-hybridized carbons (Fsp3) is 0.250. The molecule has 1 unspecified atom stereocenters. The van der Waals surface area contributed by atoms with Gasteiger partial charge in [-0.05, 0) is 58.9 Å². The second-order valence-electron chi connectivity index (χ2n) is 4.91. The summed E-state index contributed by atoms with van der Waals surface area (Å²) in [6, 6.07) is 4.95. The molecule has 0 aromatic heterocycles. The molecule has 0 saturated heterocycles. The van der Waals surface area contributed by atoms with Gasteiger partial charge in [-0.25, -0.2) is 0 Å². The number of carbonyl (C=O) groups excluding carboxylic acids is 2. The van der Waals surface area contributed by atoms with E-state index in [0.29, 0.717) is 15.2 Å². The van der Waals surface area contributed by atoms with Crippen molar-refractivity contribution < 1.29 is 24.5 Å². The minimum absolute atomic E-state index is 0.0915. The molecule has 0 fully saturated rings. The highest BCUT2D eigenvalue weighted by Gasteiger charge is 2.33. The Morgan fingerprint density at radius 1 is 1.17 bits per heavy atom. The van der Waals surface area contributed by atoms with Gasteiger partial charge in [0.05, 0.1) is 11.1 Å². The summed E-state index contributed by atoms with van der Waals surface area (Å²) in [6.45, 7) is 3.06. The van der Waals surface area contributed by atoms with Crippen molar-refractivity contribution in [1.82, 2.24) is 0 Å². The van der Waals surface area contributed by atoms with Crippen molar-refractivity contribution >= 4 is 54.4 Å². The van der Waals surface area contributed by atoms with E-state index in [2.05, 4.69) is 31.9 Å². The molecule has 0 aliphatic heterocycles. The largest absolute Gasteiger partial charge is 0.504 e. The van der Waals surface area contributed by atoms with Crippen LogP contribution < -0.4 is 0 Å². The van der Waals surface area contributed by atoms with Crippen LogP contribution in [0.25, 0.3) is 10.8 Å². The number of hydrogen-bond donors (Lipinski definition) is 2. The van der Waals surface area contributed by atoms with Gasteiger partial charge < -0.3 is 14.9 Å². The minimum atomic E-state index is -1.20. The lowest BCUT2D eigenvalue weighted by molar-refractivity contribution is -0.147. The Balaban J connectivity index is 2.88. The van der Waals surface area contributed by atoms with Crippen LogP contribution in [0, 0.1) is 0 Å². The molecule has 0 aliphatic carbocycles. The number of aromatic hydroxyl groups is 2. The van der Waals surface area contributed by atoms with Crippen LogP contribution in [0.1, 0.15) is 25.3 Å². The molecule has 2 N–H and O–H groups in total. The third-order valence-electron chi connectivity index (χ3n) is 3.41. The van der Waals surface area contributed by atoms with Gasteiger partial charge in [0.1, 0.15) is 11.7 Å². The van der Waals surface area contributed by atoms with E-state index in [1.54, 1.807) is 25.1 Å². The van der Waals surface area contributed by atoms with Gasteiger partial charge >= 0.3 is 5.97 Å². The maximum atomic E-state index is 12.2. The number of halogens is 2. The molecule has 0 saturated carbocycles. The Hall–Kier alpha value is -1.60. The van der Waals surface area contributed by atoms with Gasteiger partial charge in [0.25, 0.3) is 0 Å². The molecule has 1 atom stereocenters. The van der Waals surface area contributed by atoms with E-state index in [1.807, 2.05) is 0 Å². The number of Topliss-reactive ketones (excluding diaryl/α,β-unsaturated/α-hetero) is 1. The van der Waals surface area contributed by atoms with Crippen LogP contribution in [0.5, 0.6) is 11.5 Å². The second-order valence-corrected chi connectivity index (χ2v) is 6.62. The first-order valence-electron chi connectivity index (χ1n) is 6.79. The van der Waals surface area contributed by atoms with E-state index in [0.717, 1.165) is 0 Å². The summed E-state index contributed by atoms with van der Waals surface area (Å²) in [6.07, 6.45) is 0. The van der Waals surface area contributed by atoms with Crippen LogP contribution >= 0.6 is 31.9 Å². The maximum Gasteiger partial charge on any atom is 0.321 e. The molecule has 0 radical (unpaired) electrons. The molecule has 23 heavy (non-hydrogen) atoms. The Labute approximate surface area is 149 Å². The zero-order valence-electron chi connectivity index (χ0n) is 12.4. The summed E-state index contributed by atoms with van der Waals surface area (Å²) < 4.78 is 5.78. The summed E-state index contributed by atoms with van der Waals surface area (Å²) in [4.78, 5) is 24.3. The molecule has 2 aromatic rings. The van der Waals surface area contributed by atoms with Crippen LogP contribution in [0.15, 0.2) is 27.1 Å². The number of carbonyl (C=O) groups is 2. The van der Waals surface area contributed by atoms with Crippen molar-refractivity contribution in [2.24, 2.45) is 0 Å². The zero-order valence-corrected chi connectivity index (χ0v) is 15.6. The molecular formula is C16H14Br2O5. The van der Waals surface area contributed by atoms with Crippen LogP contribution in [-0.4, -0.2) is 28.6 Å². The van der Waals surface area contributed by atoms with Crippen molar-refractivity contribution in [1.29, 1.82) is 0 Å². The molecule has 0 aliphatic rings. The highest BCUT2D eigenvalue weighted by atomic mass is 79.9. The molecule has 5 nitrogen and oxygen atoms in total. The predicted octanol–water partition coefficient (Wildman–Crippen LogP) is 4.01. The van der Waals surface area contributed by atoms with E-state index in [4.69, 9.17) is 4.74 Å². The van der Waals surface area contributed by atoms with Gasteiger partial charge in [0.15, 0.2) is 11.5 Å². The lowest BCUT2D eigenvalue weighted by Gasteiger charge is -2.19. The van der Waals surface area contributed by atoms with E-state index in [9.17, 15) is 19.8 Å². The van der Waals surface area contributed by atoms with Crippen LogP contribution in [-0.2, 0) is 14.3 Å². The van der Waals surface area contributed by atoms with Crippen molar-refractivity contribution in [3.8, 4) is 11.5 Å². The average molecular weight is 446 g/mol. The van der Waals surface area contributed by atoms with Crippen LogP contribution in [0.2, 0.25) is 0 Å². The van der Waals surface area contributed by atoms with Gasteiger partial charge in [-0.15, -0.1) is 0 Å². The smallest absolute Gasteiger partial charge is 0.321 e. The topological polar surface area (TPSA) is 83.8 Å². The monoisotopic (exact) mass is 444 g/mol. The quantitative estimate of drug-likeness (QED) is 0.422. The first-order valence-corrected chi connectivity index (χ1v) is 8.37. The average Bonchev–Trinajstić information content (AvgIpc) is 2.48. The maximum absolute atomic E-state index is 12.2. The van der Waals surface area contributed by atoms with E-state index < -0.39 is 23.4 Å². The number of ether oxygens (including phenoxy) is 1. The summed E-state index contributed by atoms with van der Waals surface area (Å²) >= 11 is 6.51. The van der Waals surface area contributed by atoms with Crippen LogP contribution in [0.4, 0.5) is 0 Å². The van der Waals surface area contributed by atoms with E-state index >= 15 is 0 Å². The Bertz CT molecular complexity index is 801. The van der Waals surface area contributed by atoms with E-state index in [1.165, 1.54) is 6.92 Å². The molecule has 0 amide bonds. The van der Waals surface area contributed by atoms with Gasteiger partial charge in [-0.2, -0.15) is 0 Å². The van der Waals surface area contributed by atoms with Gasteiger partial charge in [-0.1, -0.05) is 15.9 Å². The third kappa shape index (κ3) is 3.21. The number of esters is 1. The van der Waals surface area contributed by atoms with Gasteiger partial charge in [0, 0.05) is 9.86 Å². The number of benzene rings is 2. The molecule has 2 rings (SSSR count). The van der Waals surface area contributed by atoms with Crippen molar-refractivity contribution in [3.63, 3.8) is 0 Å². The van der Waals surface area contributed by atoms with Crippen molar-refractivity contribution in [3.05, 3.63) is 32.7 Å². The lowest BCUT2D eigenvalue weighted by atomic mass is 9.90. The number of ketones is 1. The van der Waals surface area contributed by atoms with Crippen molar-refractivity contribution in [2.75, 3.05) is 6.61 Å². The highest BCUT2D eigenvalue weighted by molar-refractivity contribution is 9.11. The molecule has 0 heterocycles. The Morgan fingerprint density at radius 3 is 2.39 bits per heavy atom. The first kappa shape index (κ1) is 17.7. The number of hydrogen-bond acceptors (Lipinski definition) is 5. The third-order valence-corrected chi connectivity index (χ3v) is 4.71. The first-order chi connectivity index (χ1) is 10.8. The number of phenolic OH excluding ortho intramolecular Hbond substituents is 2. The van der Waals surface area contributed by atoms with Gasteiger partial charge in [-0.3, -0.25) is 9.59 Å². The summed E-state index contributed by atoms with van der Waals surface area (Å²) in [5.74, 6) is -3.07. The Kier molecular flexibility index (Phi) is 5.31. The SMILES string of the molecule is CCOC(=O)C(C(C)=O)c1c(Br)c(O)c(O)c2ccc(Br)cc12. The fourth-order valence-electron chi connectivity index (χ4n) is 2.42. The molecule has 122 valence electrons.